The minimum atomic E-state index is -0.166. The summed E-state index contributed by atoms with van der Waals surface area (Å²) in [6, 6.07) is 8.65. The van der Waals surface area contributed by atoms with Crippen LogP contribution < -0.4 is 11.1 Å². The SMILES string of the molecule is CCNC(=NCc1cccc(CN2CCCC(C(N)=O)C2)c1)N1CCCC1. The fourth-order valence-electron chi connectivity index (χ4n) is 4.04. The molecule has 148 valence electrons. The highest BCUT2D eigenvalue weighted by Gasteiger charge is 2.23. The fourth-order valence-corrected chi connectivity index (χ4v) is 4.04. The Morgan fingerprint density at radius 3 is 2.74 bits per heavy atom. The van der Waals surface area contributed by atoms with Gasteiger partial charge in [-0.3, -0.25) is 9.69 Å². The lowest BCUT2D eigenvalue weighted by Gasteiger charge is -2.31. The maximum absolute atomic E-state index is 11.5. The molecule has 1 amide bonds. The van der Waals surface area contributed by atoms with Crippen LogP contribution in [0.4, 0.5) is 0 Å². The number of benzene rings is 1. The van der Waals surface area contributed by atoms with Crippen LogP contribution in [0.15, 0.2) is 29.3 Å². The number of carbonyl (C=O) groups excluding carboxylic acids is 1. The first kappa shape index (κ1) is 19.7. The minimum absolute atomic E-state index is 0.00493. The van der Waals surface area contributed by atoms with Gasteiger partial charge in [0.2, 0.25) is 5.91 Å². The molecule has 2 fully saturated rings. The largest absolute Gasteiger partial charge is 0.369 e. The molecule has 1 aromatic carbocycles. The molecule has 1 aromatic rings. The third kappa shape index (κ3) is 5.70. The van der Waals surface area contributed by atoms with E-state index in [2.05, 4.69) is 46.3 Å². The number of rotatable bonds is 6. The molecular weight excluding hydrogens is 338 g/mol. The molecule has 3 rings (SSSR count). The van der Waals surface area contributed by atoms with Gasteiger partial charge in [0.25, 0.3) is 0 Å². The molecule has 0 spiro atoms. The minimum Gasteiger partial charge on any atom is -0.369 e. The number of aliphatic imine (C=N–C) groups is 1. The Bertz CT molecular complexity index is 654. The predicted molar refractivity (Wildman–Crippen MR) is 109 cm³/mol. The summed E-state index contributed by atoms with van der Waals surface area (Å²) in [6.07, 6.45) is 4.47. The van der Waals surface area contributed by atoms with Gasteiger partial charge >= 0.3 is 0 Å². The molecule has 0 aliphatic carbocycles. The summed E-state index contributed by atoms with van der Waals surface area (Å²) in [6.45, 7) is 8.58. The molecule has 6 nitrogen and oxygen atoms in total. The van der Waals surface area contributed by atoms with Gasteiger partial charge in [0.15, 0.2) is 5.96 Å². The molecule has 6 heteroatoms. The smallest absolute Gasteiger partial charge is 0.221 e. The number of carbonyl (C=O) groups is 1. The molecule has 1 atom stereocenters. The van der Waals surface area contributed by atoms with E-state index in [1.54, 1.807) is 0 Å². The van der Waals surface area contributed by atoms with E-state index in [-0.39, 0.29) is 11.8 Å². The molecule has 2 aliphatic heterocycles. The summed E-state index contributed by atoms with van der Waals surface area (Å²) < 4.78 is 0. The molecule has 3 N–H and O–H groups in total. The van der Waals surface area contributed by atoms with E-state index >= 15 is 0 Å². The van der Waals surface area contributed by atoms with Gasteiger partial charge in [-0.25, -0.2) is 4.99 Å². The van der Waals surface area contributed by atoms with Crippen molar-refractivity contribution in [1.82, 2.24) is 15.1 Å². The van der Waals surface area contributed by atoms with Crippen molar-refractivity contribution in [1.29, 1.82) is 0 Å². The maximum Gasteiger partial charge on any atom is 0.221 e. The third-order valence-corrected chi connectivity index (χ3v) is 5.46. The van der Waals surface area contributed by atoms with E-state index in [9.17, 15) is 4.79 Å². The highest BCUT2D eigenvalue weighted by Crippen LogP contribution is 2.19. The van der Waals surface area contributed by atoms with E-state index in [0.29, 0.717) is 6.54 Å². The standard InChI is InChI=1S/C21H33N5O/c1-2-23-21(26-11-3-4-12-26)24-14-17-7-5-8-18(13-17)15-25-10-6-9-19(16-25)20(22)27/h5,7-8,13,19H,2-4,6,9-12,14-16H2,1H3,(H2,22,27)(H,23,24). The molecule has 0 aromatic heterocycles. The van der Waals surface area contributed by atoms with Gasteiger partial charge in [0, 0.05) is 32.7 Å². The van der Waals surface area contributed by atoms with Gasteiger partial charge in [0.1, 0.15) is 0 Å². The average molecular weight is 372 g/mol. The van der Waals surface area contributed by atoms with Crippen molar-refractivity contribution >= 4 is 11.9 Å². The molecule has 1 unspecified atom stereocenters. The van der Waals surface area contributed by atoms with Gasteiger partial charge in [-0.1, -0.05) is 24.3 Å². The summed E-state index contributed by atoms with van der Waals surface area (Å²) in [5.74, 6) is 0.857. The highest BCUT2D eigenvalue weighted by molar-refractivity contribution is 5.80. The van der Waals surface area contributed by atoms with Gasteiger partial charge in [-0.2, -0.15) is 0 Å². The number of piperidine rings is 1. The zero-order chi connectivity index (χ0) is 19.1. The lowest BCUT2D eigenvalue weighted by Crippen LogP contribution is -2.40. The Morgan fingerprint density at radius 1 is 1.22 bits per heavy atom. The van der Waals surface area contributed by atoms with E-state index in [0.717, 1.165) is 58.1 Å². The highest BCUT2D eigenvalue weighted by atomic mass is 16.1. The number of likely N-dealkylation sites (tertiary alicyclic amines) is 2. The number of nitrogens with one attached hydrogen (secondary N) is 1. The predicted octanol–water partition coefficient (Wildman–Crippen LogP) is 1.95. The van der Waals surface area contributed by atoms with Crippen LogP contribution in [0.3, 0.4) is 0 Å². The average Bonchev–Trinajstić information content (AvgIpc) is 3.20. The van der Waals surface area contributed by atoms with Crippen molar-refractivity contribution < 1.29 is 4.79 Å². The van der Waals surface area contributed by atoms with E-state index in [4.69, 9.17) is 10.7 Å². The van der Waals surface area contributed by atoms with Crippen LogP contribution >= 0.6 is 0 Å². The molecule has 2 saturated heterocycles. The molecule has 0 bridgehead atoms. The number of guanidine groups is 1. The van der Waals surface area contributed by atoms with Crippen molar-refractivity contribution in [2.45, 2.75) is 45.7 Å². The quantitative estimate of drug-likeness (QED) is 0.592. The van der Waals surface area contributed by atoms with E-state index < -0.39 is 0 Å². The first-order valence-electron chi connectivity index (χ1n) is 10.3. The van der Waals surface area contributed by atoms with Crippen LogP contribution in [-0.4, -0.2) is 54.4 Å². The van der Waals surface area contributed by atoms with Crippen molar-refractivity contribution in [3.05, 3.63) is 35.4 Å². The first-order chi connectivity index (χ1) is 13.2. The Hall–Kier alpha value is -2.08. The Labute approximate surface area is 162 Å². The van der Waals surface area contributed by atoms with Crippen LogP contribution in [0.25, 0.3) is 0 Å². The van der Waals surface area contributed by atoms with Gasteiger partial charge in [-0.05, 0) is 50.3 Å². The monoisotopic (exact) mass is 371 g/mol. The normalized spacial score (nSPS) is 21.4. The second kappa shape index (κ2) is 9.74. The number of primary amides is 1. The Kier molecular flexibility index (Phi) is 7.10. The molecule has 2 aliphatic rings. The number of hydrogen-bond acceptors (Lipinski definition) is 3. The molecule has 2 heterocycles. The molecule has 0 radical (unpaired) electrons. The van der Waals surface area contributed by atoms with Crippen LogP contribution in [0.5, 0.6) is 0 Å². The topological polar surface area (TPSA) is 74.0 Å². The fraction of sp³-hybridized carbons (Fsp3) is 0.619. The van der Waals surface area contributed by atoms with Crippen molar-refractivity contribution in [2.75, 3.05) is 32.7 Å². The zero-order valence-electron chi connectivity index (χ0n) is 16.5. The summed E-state index contributed by atoms with van der Waals surface area (Å²) in [7, 11) is 0. The first-order valence-corrected chi connectivity index (χ1v) is 10.3. The summed E-state index contributed by atoms with van der Waals surface area (Å²) >= 11 is 0. The number of nitrogens with zero attached hydrogens (tertiary/aromatic N) is 3. The molecule has 27 heavy (non-hydrogen) atoms. The molecule has 0 saturated carbocycles. The van der Waals surface area contributed by atoms with Crippen LogP contribution in [0.2, 0.25) is 0 Å². The number of nitrogens with two attached hydrogens (primary N) is 1. The second-order valence-corrected chi connectivity index (χ2v) is 7.66. The van der Waals surface area contributed by atoms with E-state index in [1.165, 1.54) is 24.0 Å². The second-order valence-electron chi connectivity index (χ2n) is 7.66. The van der Waals surface area contributed by atoms with Gasteiger partial charge < -0.3 is 16.0 Å². The lowest BCUT2D eigenvalue weighted by molar-refractivity contribution is -0.123. The summed E-state index contributed by atoms with van der Waals surface area (Å²) in [4.78, 5) is 21.0. The Morgan fingerprint density at radius 2 is 2.00 bits per heavy atom. The third-order valence-electron chi connectivity index (χ3n) is 5.46. The molecular formula is C21H33N5O. The van der Waals surface area contributed by atoms with Crippen LogP contribution in [0, 0.1) is 5.92 Å². The number of amides is 1. The van der Waals surface area contributed by atoms with Crippen molar-refractivity contribution in [3.63, 3.8) is 0 Å². The summed E-state index contributed by atoms with van der Waals surface area (Å²) in [5.41, 5.74) is 8.01. The maximum atomic E-state index is 11.5. The Balaban J connectivity index is 1.61. The summed E-state index contributed by atoms with van der Waals surface area (Å²) in [5, 5.41) is 3.41. The van der Waals surface area contributed by atoms with Gasteiger partial charge in [-0.15, -0.1) is 0 Å². The van der Waals surface area contributed by atoms with Crippen LogP contribution in [-0.2, 0) is 17.9 Å². The van der Waals surface area contributed by atoms with Crippen molar-refractivity contribution in [2.24, 2.45) is 16.6 Å². The van der Waals surface area contributed by atoms with Gasteiger partial charge in [0.05, 0.1) is 12.5 Å². The number of hydrogen-bond donors (Lipinski definition) is 2. The van der Waals surface area contributed by atoms with Crippen LogP contribution in [0.1, 0.15) is 43.7 Å². The van der Waals surface area contributed by atoms with Crippen molar-refractivity contribution in [3.8, 4) is 0 Å². The lowest BCUT2D eigenvalue weighted by atomic mass is 9.97. The zero-order valence-corrected chi connectivity index (χ0v) is 16.5. The van der Waals surface area contributed by atoms with E-state index in [1.807, 2.05) is 0 Å².